The average molecular weight is 318 g/mol. The summed E-state index contributed by atoms with van der Waals surface area (Å²) in [6.45, 7) is 4.24. The number of carbonyl (C=O) groups is 1. The summed E-state index contributed by atoms with van der Waals surface area (Å²) in [4.78, 5) is 11.9. The first kappa shape index (κ1) is 14.8. The standard InChI is InChI=1S/C21H18O3/c1-21(2)16-10-12(20(23)24-3)8-9-15(16)19-14-7-5-4-6-13(14)18(22)11-17(19)21/h4-11,22H,1-3H3. The lowest BCUT2D eigenvalue weighted by Crippen LogP contribution is -2.16. The number of phenols is 1. The Morgan fingerprint density at radius 2 is 1.71 bits per heavy atom. The third kappa shape index (κ3) is 1.81. The van der Waals surface area contributed by atoms with Gasteiger partial charge in [0.15, 0.2) is 0 Å². The highest BCUT2D eigenvalue weighted by Crippen LogP contribution is 2.53. The summed E-state index contributed by atoms with van der Waals surface area (Å²) in [5.41, 5.74) is 4.66. The zero-order chi connectivity index (χ0) is 17.1. The number of benzene rings is 3. The summed E-state index contributed by atoms with van der Waals surface area (Å²) in [7, 11) is 1.39. The van der Waals surface area contributed by atoms with Gasteiger partial charge in [0.25, 0.3) is 0 Å². The van der Waals surface area contributed by atoms with E-state index in [1.165, 1.54) is 7.11 Å². The monoisotopic (exact) mass is 318 g/mol. The van der Waals surface area contributed by atoms with Crippen molar-refractivity contribution in [2.24, 2.45) is 0 Å². The fourth-order valence-electron chi connectivity index (χ4n) is 3.81. The van der Waals surface area contributed by atoms with Crippen LogP contribution in [0, 0.1) is 0 Å². The Hall–Kier alpha value is -2.81. The van der Waals surface area contributed by atoms with Crippen molar-refractivity contribution in [3.63, 3.8) is 0 Å². The number of carbonyl (C=O) groups excluding carboxylic acids is 1. The smallest absolute Gasteiger partial charge is 0.337 e. The first-order valence-electron chi connectivity index (χ1n) is 7.93. The van der Waals surface area contributed by atoms with Gasteiger partial charge in [-0.3, -0.25) is 0 Å². The Labute approximate surface area is 140 Å². The molecule has 3 nitrogen and oxygen atoms in total. The summed E-state index contributed by atoms with van der Waals surface area (Å²) in [6.07, 6.45) is 0. The molecule has 0 radical (unpaired) electrons. The molecule has 0 saturated heterocycles. The van der Waals surface area contributed by atoms with Crippen molar-refractivity contribution in [2.75, 3.05) is 7.11 Å². The molecular formula is C21H18O3. The Morgan fingerprint density at radius 1 is 1.00 bits per heavy atom. The van der Waals surface area contributed by atoms with Gasteiger partial charge in [0.2, 0.25) is 0 Å². The van der Waals surface area contributed by atoms with E-state index in [0.29, 0.717) is 11.3 Å². The van der Waals surface area contributed by atoms with E-state index >= 15 is 0 Å². The van der Waals surface area contributed by atoms with Crippen LogP contribution >= 0.6 is 0 Å². The van der Waals surface area contributed by atoms with Crippen molar-refractivity contribution >= 4 is 16.7 Å². The van der Waals surface area contributed by atoms with Crippen molar-refractivity contribution in [1.29, 1.82) is 0 Å². The molecule has 1 aliphatic rings. The molecule has 1 N–H and O–H groups in total. The largest absolute Gasteiger partial charge is 0.507 e. The number of esters is 1. The van der Waals surface area contributed by atoms with Crippen molar-refractivity contribution in [2.45, 2.75) is 19.3 Å². The molecule has 0 bridgehead atoms. The van der Waals surface area contributed by atoms with E-state index in [1.807, 2.05) is 42.5 Å². The van der Waals surface area contributed by atoms with Gasteiger partial charge in [0.05, 0.1) is 12.7 Å². The minimum absolute atomic E-state index is 0.290. The normalized spacial score (nSPS) is 14.3. The van der Waals surface area contributed by atoms with Gasteiger partial charge in [-0.25, -0.2) is 4.79 Å². The first-order chi connectivity index (χ1) is 11.4. The number of aromatic hydroxyl groups is 1. The van der Waals surface area contributed by atoms with E-state index in [0.717, 1.165) is 33.0 Å². The lowest BCUT2D eigenvalue weighted by atomic mass is 9.81. The second-order valence-electron chi connectivity index (χ2n) is 6.74. The molecule has 0 aromatic heterocycles. The fourth-order valence-corrected chi connectivity index (χ4v) is 3.81. The average Bonchev–Trinajstić information content (AvgIpc) is 2.82. The van der Waals surface area contributed by atoms with Crippen molar-refractivity contribution in [3.05, 3.63) is 65.2 Å². The topological polar surface area (TPSA) is 46.5 Å². The third-order valence-corrected chi connectivity index (χ3v) is 5.08. The molecule has 0 fully saturated rings. The van der Waals surface area contributed by atoms with Gasteiger partial charge >= 0.3 is 5.97 Å². The highest BCUT2D eigenvalue weighted by Gasteiger charge is 2.37. The highest BCUT2D eigenvalue weighted by molar-refractivity contribution is 6.05. The fraction of sp³-hybridized carbons (Fsp3) is 0.190. The van der Waals surface area contributed by atoms with Crippen molar-refractivity contribution in [1.82, 2.24) is 0 Å². The number of ether oxygens (including phenoxy) is 1. The maximum Gasteiger partial charge on any atom is 0.337 e. The van der Waals surface area contributed by atoms with Gasteiger partial charge in [-0.05, 0) is 45.8 Å². The number of hydrogen-bond acceptors (Lipinski definition) is 3. The van der Waals surface area contributed by atoms with Gasteiger partial charge in [0.1, 0.15) is 5.75 Å². The predicted molar refractivity (Wildman–Crippen MR) is 94.5 cm³/mol. The van der Waals surface area contributed by atoms with Crippen molar-refractivity contribution in [3.8, 4) is 16.9 Å². The van der Waals surface area contributed by atoms with Crippen LogP contribution in [0.4, 0.5) is 0 Å². The Kier molecular flexibility index (Phi) is 2.98. The molecule has 3 aromatic rings. The second kappa shape index (κ2) is 4.84. The van der Waals surface area contributed by atoms with E-state index in [4.69, 9.17) is 4.74 Å². The van der Waals surface area contributed by atoms with Crippen LogP contribution in [0.5, 0.6) is 5.75 Å². The van der Waals surface area contributed by atoms with Crippen LogP contribution < -0.4 is 0 Å². The molecule has 0 amide bonds. The summed E-state index contributed by atoms with van der Waals surface area (Å²) in [5, 5.41) is 12.3. The molecule has 3 heteroatoms. The number of methoxy groups -OCH3 is 1. The van der Waals surface area contributed by atoms with Gasteiger partial charge in [-0.15, -0.1) is 0 Å². The molecule has 3 aromatic carbocycles. The Balaban J connectivity index is 2.09. The van der Waals surface area contributed by atoms with Crippen molar-refractivity contribution < 1.29 is 14.6 Å². The van der Waals surface area contributed by atoms with Gasteiger partial charge in [0, 0.05) is 10.8 Å². The highest BCUT2D eigenvalue weighted by atomic mass is 16.5. The summed E-state index contributed by atoms with van der Waals surface area (Å²) in [5.74, 6) is -0.0457. The number of phenolic OH excluding ortho intramolecular Hbond substituents is 1. The van der Waals surface area contributed by atoms with Crippen LogP contribution in [0.15, 0.2) is 48.5 Å². The molecule has 0 heterocycles. The van der Waals surface area contributed by atoms with Gasteiger partial charge in [-0.1, -0.05) is 44.2 Å². The molecule has 24 heavy (non-hydrogen) atoms. The summed E-state index contributed by atoms with van der Waals surface area (Å²) >= 11 is 0. The van der Waals surface area contributed by atoms with E-state index in [1.54, 1.807) is 6.07 Å². The van der Waals surface area contributed by atoms with Gasteiger partial charge < -0.3 is 9.84 Å². The van der Waals surface area contributed by atoms with Crippen LogP contribution in [0.1, 0.15) is 35.3 Å². The molecular weight excluding hydrogens is 300 g/mol. The second-order valence-corrected chi connectivity index (χ2v) is 6.74. The number of rotatable bonds is 1. The molecule has 0 spiro atoms. The van der Waals surface area contributed by atoms with E-state index in [-0.39, 0.29) is 11.4 Å². The predicted octanol–water partition coefficient (Wildman–Crippen LogP) is 4.64. The molecule has 0 aliphatic heterocycles. The van der Waals surface area contributed by atoms with Gasteiger partial charge in [-0.2, -0.15) is 0 Å². The SMILES string of the molecule is COC(=O)c1ccc2c(c1)C(C)(C)c1cc(O)c3ccccc3c1-2. The van der Waals surface area contributed by atoms with E-state index < -0.39 is 0 Å². The lowest BCUT2D eigenvalue weighted by Gasteiger charge is -2.22. The maximum absolute atomic E-state index is 11.9. The molecule has 1 aliphatic carbocycles. The zero-order valence-corrected chi connectivity index (χ0v) is 13.9. The van der Waals surface area contributed by atoms with Crippen LogP contribution in [0.25, 0.3) is 21.9 Å². The third-order valence-electron chi connectivity index (χ3n) is 5.08. The molecule has 120 valence electrons. The maximum atomic E-state index is 11.9. The molecule has 0 atom stereocenters. The van der Waals surface area contributed by atoms with Crippen LogP contribution in [0.2, 0.25) is 0 Å². The summed E-state index contributed by atoms with van der Waals surface area (Å²) in [6, 6.07) is 15.4. The van der Waals surface area contributed by atoms with E-state index in [9.17, 15) is 9.90 Å². The Bertz CT molecular complexity index is 999. The molecule has 0 saturated carbocycles. The number of hydrogen-bond donors (Lipinski definition) is 1. The van der Waals surface area contributed by atoms with E-state index in [2.05, 4.69) is 13.8 Å². The minimum Gasteiger partial charge on any atom is -0.507 e. The molecule has 4 rings (SSSR count). The van der Waals surface area contributed by atoms with Crippen LogP contribution in [0.3, 0.4) is 0 Å². The van der Waals surface area contributed by atoms with Crippen LogP contribution in [-0.2, 0) is 10.2 Å². The quantitative estimate of drug-likeness (QED) is 0.665. The minimum atomic E-state index is -0.336. The molecule has 0 unspecified atom stereocenters. The number of fused-ring (bicyclic) bond motifs is 5. The zero-order valence-electron chi connectivity index (χ0n) is 13.9. The van der Waals surface area contributed by atoms with Crippen LogP contribution in [-0.4, -0.2) is 18.2 Å². The lowest BCUT2D eigenvalue weighted by molar-refractivity contribution is 0.0600. The summed E-state index contributed by atoms with van der Waals surface area (Å²) < 4.78 is 4.85. The Morgan fingerprint density at radius 3 is 2.42 bits per heavy atom. The first-order valence-corrected chi connectivity index (χ1v) is 7.93.